The van der Waals surface area contributed by atoms with Crippen molar-refractivity contribution in [2.24, 2.45) is 5.73 Å². The van der Waals surface area contributed by atoms with Crippen molar-refractivity contribution in [2.75, 3.05) is 5.73 Å². The molecule has 2 aromatic rings. The predicted octanol–water partition coefficient (Wildman–Crippen LogP) is 1.41. The summed E-state index contributed by atoms with van der Waals surface area (Å²) in [6.45, 7) is 0.832. The Morgan fingerprint density at radius 2 is 2.12 bits per heavy atom. The van der Waals surface area contributed by atoms with E-state index < -0.39 is 0 Å². The van der Waals surface area contributed by atoms with E-state index in [1.54, 1.807) is 0 Å². The van der Waals surface area contributed by atoms with E-state index in [2.05, 4.69) is 9.55 Å². The highest BCUT2D eigenvalue weighted by molar-refractivity contribution is 5.71. The first-order valence-electron chi connectivity index (χ1n) is 5.90. The standard InChI is InChI=1S/C13H16N4/c14-9-5-6-10-7-16-13(17(10)8-9)11-3-1-2-4-12(11)15/h1-4,7,9H,5-6,8,14-15H2. The number of para-hydroxylation sites is 1. The molecule has 0 aliphatic carbocycles. The first kappa shape index (κ1) is 10.4. The van der Waals surface area contributed by atoms with Crippen LogP contribution in [0.5, 0.6) is 0 Å². The Morgan fingerprint density at radius 3 is 2.94 bits per heavy atom. The summed E-state index contributed by atoms with van der Waals surface area (Å²) in [5, 5.41) is 0. The second-order valence-corrected chi connectivity index (χ2v) is 4.57. The van der Waals surface area contributed by atoms with Gasteiger partial charge in [0.2, 0.25) is 0 Å². The number of hydrogen-bond acceptors (Lipinski definition) is 3. The number of hydrogen-bond donors (Lipinski definition) is 2. The zero-order chi connectivity index (χ0) is 11.8. The lowest BCUT2D eigenvalue weighted by atomic mass is 10.1. The number of nitrogens with zero attached hydrogens (tertiary/aromatic N) is 2. The highest BCUT2D eigenvalue weighted by Crippen LogP contribution is 2.27. The van der Waals surface area contributed by atoms with Gasteiger partial charge < -0.3 is 16.0 Å². The summed E-state index contributed by atoms with van der Waals surface area (Å²) in [7, 11) is 0. The normalized spacial score (nSPS) is 19.0. The smallest absolute Gasteiger partial charge is 0.142 e. The highest BCUT2D eigenvalue weighted by Gasteiger charge is 2.20. The molecule has 1 aliphatic heterocycles. The molecule has 0 spiro atoms. The van der Waals surface area contributed by atoms with Gasteiger partial charge in [-0.3, -0.25) is 0 Å². The van der Waals surface area contributed by atoms with Crippen LogP contribution in [0, 0.1) is 0 Å². The summed E-state index contributed by atoms with van der Waals surface area (Å²) in [4.78, 5) is 4.49. The maximum atomic E-state index is 6.01. The number of fused-ring (bicyclic) bond motifs is 1. The third-order valence-electron chi connectivity index (χ3n) is 3.33. The second kappa shape index (κ2) is 3.89. The van der Waals surface area contributed by atoms with E-state index in [0.29, 0.717) is 0 Å². The van der Waals surface area contributed by atoms with E-state index in [1.165, 1.54) is 5.69 Å². The van der Waals surface area contributed by atoms with Gasteiger partial charge in [-0.15, -0.1) is 0 Å². The average molecular weight is 228 g/mol. The van der Waals surface area contributed by atoms with Crippen LogP contribution in [-0.4, -0.2) is 15.6 Å². The quantitative estimate of drug-likeness (QED) is 0.725. The van der Waals surface area contributed by atoms with Crippen LogP contribution in [0.25, 0.3) is 11.4 Å². The van der Waals surface area contributed by atoms with Crippen LogP contribution in [0.4, 0.5) is 5.69 Å². The van der Waals surface area contributed by atoms with Crippen molar-refractivity contribution in [1.29, 1.82) is 0 Å². The minimum atomic E-state index is 0.223. The van der Waals surface area contributed by atoms with Gasteiger partial charge in [-0.1, -0.05) is 12.1 Å². The summed E-state index contributed by atoms with van der Waals surface area (Å²) in [5.74, 6) is 0.938. The molecule has 1 aromatic carbocycles. The fraction of sp³-hybridized carbons (Fsp3) is 0.308. The Hall–Kier alpha value is -1.81. The molecule has 0 radical (unpaired) electrons. The summed E-state index contributed by atoms with van der Waals surface area (Å²) in [6, 6.07) is 8.05. The number of rotatable bonds is 1. The lowest BCUT2D eigenvalue weighted by Crippen LogP contribution is -2.32. The number of nitrogens with two attached hydrogens (primary N) is 2. The zero-order valence-corrected chi connectivity index (χ0v) is 9.63. The molecule has 0 amide bonds. The molecule has 2 heterocycles. The van der Waals surface area contributed by atoms with Crippen molar-refractivity contribution in [3.8, 4) is 11.4 Å². The Labute approximate surface area is 100 Å². The lowest BCUT2D eigenvalue weighted by Gasteiger charge is -2.22. The number of imidazole rings is 1. The lowest BCUT2D eigenvalue weighted by molar-refractivity contribution is 0.464. The van der Waals surface area contributed by atoms with Gasteiger partial charge in [0.15, 0.2) is 0 Å². The maximum Gasteiger partial charge on any atom is 0.142 e. The third kappa shape index (κ3) is 1.70. The topological polar surface area (TPSA) is 69.9 Å². The van der Waals surface area contributed by atoms with Crippen molar-refractivity contribution < 1.29 is 0 Å². The molecule has 1 aliphatic rings. The fourth-order valence-corrected chi connectivity index (χ4v) is 2.39. The number of aromatic nitrogens is 2. The molecule has 4 N–H and O–H groups in total. The summed E-state index contributed by atoms with van der Waals surface area (Å²) < 4.78 is 2.19. The number of anilines is 1. The molecule has 3 rings (SSSR count). The molecule has 1 unspecified atom stereocenters. The Balaban J connectivity index is 2.11. The van der Waals surface area contributed by atoms with Gasteiger partial charge in [0.1, 0.15) is 5.82 Å². The van der Waals surface area contributed by atoms with E-state index in [-0.39, 0.29) is 6.04 Å². The molecule has 0 fully saturated rings. The van der Waals surface area contributed by atoms with Gasteiger partial charge in [0.05, 0.1) is 0 Å². The largest absolute Gasteiger partial charge is 0.398 e. The van der Waals surface area contributed by atoms with Crippen LogP contribution in [0.15, 0.2) is 30.5 Å². The molecule has 88 valence electrons. The molecule has 0 saturated carbocycles. The molecule has 1 atom stereocenters. The predicted molar refractivity (Wildman–Crippen MR) is 68.4 cm³/mol. The van der Waals surface area contributed by atoms with Crippen LogP contribution in [-0.2, 0) is 13.0 Å². The Morgan fingerprint density at radius 1 is 1.29 bits per heavy atom. The Kier molecular flexibility index (Phi) is 2.37. The second-order valence-electron chi connectivity index (χ2n) is 4.57. The molecular formula is C13H16N4. The molecule has 4 nitrogen and oxygen atoms in total. The molecular weight excluding hydrogens is 212 g/mol. The van der Waals surface area contributed by atoms with Gasteiger partial charge in [0, 0.05) is 35.7 Å². The van der Waals surface area contributed by atoms with E-state index in [0.717, 1.165) is 36.5 Å². The van der Waals surface area contributed by atoms with Crippen molar-refractivity contribution >= 4 is 5.69 Å². The summed E-state index contributed by atoms with van der Waals surface area (Å²) in [5.41, 5.74) is 15.0. The van der Waals surface area contributed by atoms with E-state index in [4.69, 9.17) is 11.5 Å². The van der Waals surface area contributed by atoms with Crippen molar-refractivity contribution in [2.45, 2.75) is 25.4 Å². The number of aryl methyl sites for hydroxylation is 1. The third-order valence-corrected chi connectivity index (χ3v) is 3.33. The molecule has 0 bridgehead atoms. The first-order valence-corrected chi connectivity index (χ1v) is 5.90. The van der Waals surface area contributed by atoms with E-state index >= 15 is 0 Å². The van der Waals surface area contributed by atoms with Crippen LogP contribution < -0.4 is 11.5 Å². The summed E-state index contributed by atoms with van der Waals surface area (Å²) in [6.07, 6.45) is 3.98. The van der Waals surface area contributed by atoms with Gasteiger partial charge >= 0.3 is 0 Å². The van der Waals surface area contributed by atoms with Gasteiger partial charge in [-0.2, -0.15) is 0 Å². The van der Waals surface area contributed by atoms with E-state index in [9.17, 15) is 0 Å². The van der Waals surface area contributed by atoms with Gasteiger partial charge in [-0.25, -0.2) is 4.98 Å². The minimum absolute atomic E-state index is 0.223. The Bertz CT molecular complexity index is 544. The van der Waals surface area contributed by atoms with Crippen LogP contribution in [0.2, 0.25) is 0 Å². The minimum Gasteiger partial charge on any atom is -0.398 e. The van der Waals surface area contributed by atoms with Gasteiger partial charge in [-0.05, 0) is 25.0 Å². The fourth-order valence-electron chi connectivity index (χ4n) is 2.39. The van der Waals surface area contributed by atoms with Crippen LogP contribution in [0.1, 0.15) is 12.1 Å². The summed E-state index contributed by atoms with van der Waals surface area (Å²) >= 11 is 0. The zero-order valence-electron chi connectivity index (χ0n) is 9.63. The maximum absolute atomic E-state index is 6.01. The number of nitrogen functional groups attached to an aromatic ring is 1. The van der Waals surface area contributed by atoms with Crippen molar-refractivity contribution in [3.63, 3.8) is 0 Å². The average Bonchev–Trinajstić information content (AvgIpc) is 2.72. The monoisotopic (exact) mass is 228 g/mol. The molecule has 1 aromatic heterocycles. The molecule has 4 heteroatoms. The van der Waals surface area contributed by atoms with Crippen molar-refractivity contribution in [3.05, 3.63) is 36.2 Å². The number of benzene rings is 1. The van der Waals surface area contributed by atoms with Crippen LogP contribution >= 0.6 is 0 Å². The van der Waals surface area contributed by atoms with Crippen molar-refractivity contribution in [1.82, 2.24) is 9.55 Å². The first-order chi connectivity index (χ1) is 8.25. The highest BCUT2D eigenvalue weighted by atomic mass is 15.1. The van der Waals surface area contributed by atoms with Crippen LogP contribution in [0.3, 0.4) is 0 Å². The van der Waals surface area contributed by atoms with E-state index in [1.807, 2.05) is 30.5 Å². The SMILES string of the molecule is Nc1ccccc1-c1ncc2n1CC(N)CC2. The van der Waals surface area contributed by atoms with Gasteiger partial charge in [0.25, 0.3) is 0 Å². The molecule has 17 heavy (non-hydrogen) atoms. The molecule has 0 saturated heterocycles.